The number of aromatic nitrogens is 4. The standard InChI is InChI=1S/C41H27N9O10/c42-41(60)50-24-12-4-8-19-31(53)15-27(45-36(19)24)39(57)48-22-10-2-6-17-29(51)13-25(43-34(17)22)37(55)47-21-9-1-5-18-30(52)14-26(44-33(18)21)38(56)49-23-11-3-7-20-32(54)16-28(40(58)59)46-35(20)23/h1-16H,(H,43,51)(H,44,52)(H,45,53)(H,46,54)(H,47,55)(H,48,57)(H,49,56)(H,58,59)(H3,42,50,60). The number of amides is 5. The van der Waals surface area contributed by atoms with Gasteiger partial charge in [0, 0.05) is 45.8 Å². The van der Waals surface area contributed by atoms with Gasteiger partial charge in [-0.15, -0.1) is 0 Å². The number of nitrogens with two attached hydrogens (primary N) is 1. The van der Waals surface area contributed by atoms with Crippen LogP contribution in [0.4, 0.5) is 27.5 Å². The lowest BCUT2D eigenvalue weighted by molar-refractivity contribution is 0.0689. The third-order valence-corrected chi connectivity index (χ3v) is 9.19. The van der Waals surface area contributed by atoms with Crippen LogP contribution in [0.5, 0.6) is 23.0 Å². The van der Waals surface area contributed by atoms with Gasteiger partial charge in [-0.25, -0.2) is 29.5 Å². The van der Waals surface area contributed by atoms with E-state index in [0.717, 1.165) is 24.3 Å². The summed E-state index contributed by atoms with van der Waals surface area (Å²) in [7, 11) is 0. The highest BCUT2D eigenvalue weighted by Gasteiger charge is 2.22. The second-order valence-corrected chi connectivity index (χ2v) is 13.1. The van der Waals surface area contributed by atoms with Crippen molar-refractivity contribution >= 4 is 96.1 Å². The summed E-state index contributed by atoms with van der Waals surface area (Å²) in [4.78, 5) is 81.1. The molecule has 8 aromatic rings. The Labute approximate surface area is 334 Å². The van der Waals surface area contributed by atoms with Crippen LogP contribution in [-0.2, 0) is 0 Å². The Morgan fingerprint density at radius 3 is 0.967 bits per heavy atom. The van der Waals surface area contributed by atoms with Crippen molar-refractivity contribution in [2.24, 2.45) is 5.73 Å². The van der Waals surface area contributed by atoms with Gasteiger partial charge >= 0.3 is 12.0 Å². The summed E-state index contributed by atoms with van der Waals surface area (Å²) in [6.07, 6.45) is 0. The van der Waals surface area contributed by atoms with Crippen molar-refractivity contribution in [2.75, 3.05) is 21.3 Å². The minimum Gasteiger partial charge on any atom is -0.507 e. The van der Waals surface area contributed by atoms with E-state index in [1.165, 1.54) is 66.7 Å². The summed E-state index contributed by atoms with van der Waals surface area (Å²) < 4.78 is 0. The summed E-state index contributed by atoms with van der Waals surface area (Å²) in [5.41, 5.74) is 4.23. The number of anilines is 4. The first-order valence-electron chi connectivity index (χ1n) is 17.5. The van der Waals surface area contributed by atoms with Gasteiger partial charge in [0.2, 0.25) is 0 Å². The Kier molecular flexibility index (Phi) is 9.28. The zero-order valence-electron chi connectivity index (χ0n) is 30.4. The number of hydrogen-bond acceptors (Lipinski definition) is 13. The van der Waals surface area contributed by atoms with Crippen LogP contribution in [-0.4, -0.2) is 75.2 Å². The van der Waals surface area contributed by atoms with Gasteiger partial charge in [-0.3, -0.25) is 14.4 Å². The molecule has 4 aromatic carbocycles. The van der Waals surface area contributed by atoms with Crippen LogP contribution < -0.4 is 27.0 Å². The molecular weight excluding hydrogens is 779 g/mol. The van der Waals surface area contributed by atoms with Crippen molar-refractivity contribution in [2.45, 2.75) is 0 Å². The normalized spacial score (nSPS) is 11.1. The number of carboxylic acids is 1. The SMILES string of the molecule is NC(=O)Nc1cccc2c(O)cc(C(=O)Nc3cccc4c(O)cc(C(=O)Nc5cccc6c(O)cc(C(=O)Nc7cccc8c(O)cc(C(=O)O)nc78)nc56)nc34)nc12. The molecule has 0 atom stereocenters. The summed E-state index contributed by atoms with van der Waals surface area (Å²) in [6, 6.07) is 21.3. The average Bonchev–Trinajstić information content (AvgIpc) is 3.21. The van der Waals surface area contributed by atoms with E-state index >= 15 is 0 Å². The number of rotatable bonds is 8. The molecule has 5 amide bonds. The summed E-state index contributed by atoms with van der Waals surface area (Å²) in [6.45, 7) is 0. The molecule has 0 spiro atoms. The number of carbonyl (C=O) groups excluding carboxylic acids is 4. The van der Waals surface area contributed by atoms with Crippen LogP contribution in [0.2, 0.25) is 0 Å². The van der Waals surface area contributed by atoms with Crippen molar-refractivity contribution in [3.05, 3.63) is 120 Å². The molecule has 4 heterocycles. The maximum absolute atomic E-state index is 13.8. The van der Waals surface area contributed by atoms with Gasteiger partial charge in [0.15, 0.2) is 5.69 Å². The third kappa shape index (κ3) is 6.96. The highest BCUT2D eigenvalue weighted by molar-refractivity contribution is 6.14. The van der Waals surface area contributed by atoms with E-state index < -0.39 is 35.4 Å². The van der Waals surface area contributed by atoms with Crippen LogP contribution in [0.3, 0.4) is 0 Å². The summed E-state index contributed by atoms with van der Waals surface area (Å²) in [5, 5.41) is 63.4. The topological polar surface area (TPSA) is 312 Å². The number of nitrogens with zero attached hydrogens (tertiary/aromatic N) is 4. The molecule has 0 radical (unpaired) electrons. The van der Waals surface area contributed by atoms with Crippen LogP contribution in [0.1, 0.15) is 42.0 Å². The van der Waals surface area contributed by atoms with E-state index in [9.17, 15) is 49.5 Å². The molecule has 19 heteroatoms. The fourth-order valence-corrected chi connectivity index (χ4v) is 6.48. The molecule has 0 unspecified atom stereocenters. The number of carbonyl (C=O) groups is 5. The number of nitrogens with one attached hydrogen (secondary N) is 4. The molecule has 19 nitrogen and oxygen atoms in total. The van der Waals surface area contributed by atoms with Crippen molar-refractivity contribution in [1.29, 1.82) is 0 Å². The Morgan fingerprint density at radius 2 is 0.683 bits per heavy atom. The lowest BCUT2D eigenvalue weighted by atomic mass is 10.1. The van der Waals surface area contributed by atoms with Crippen LogP contribution in [0.15, 0.2) is 97.1 Å². The summed E-state index contributed by atoms with van der Waals surface area (Å²) in [5.74, 6) is -5.36. The Hall–Kier alpha value is -9.13. The maximum atomic E-state index is 13.8. The van der Waals surface area contributed by atoms with Crippen molar-refractivity contribution in [3.8, 4) is 23.0 Å². The lowest BCUT2D eigenvalue weighted by Crippen LogP contribution is -2.20. The summed E-state index contributed by atoms with van der Waals surface area (Å²) >= 11 is 0. The van der Waals surface area contributed by atoms with E-state index in [4.69, 9.17) is 5.73 Å². The smallest absolute Gasteiger partial charge is 0.354 e. The predicted octanol–water partition coefficient (Wildman–Crippen LogP) is 5.65. The minimum absolute atomic E-state index is 0.00328. The molecule has 60 heavy (non-hydrogen) atoms. The van der Waals surface area contributed by atoms with Crippen molar-refractivity contribution in [1.82, 2.24) is 19.9 Å². The van der Waals surface area contributed by atoms with Gasteiger partial charge in [0.25, 0.3) is 17.7 Å². The zero-order valence-corrected chi connectivity index (χ0v) is 30.4. The highest BCUT2D eigenvalue weighted by atomic mass is 16.4. The molecule has 0 saturated heterocycles. The first-order chi connectivity index (χ1) is 28.7. The molecule has 296 valence electrons. The predicted molar refractivity (Wildman–Crippen MR) is 218 cm³/mol. The van der Waals surface area contributed by atoms with Crippen molar-refractivity contribution in [3.63, 3.8) is 0 Å². The average molecular weight is 806 g/mol. The molecule has 0 fully saturated rings. The number of para-hydroxylation sites is 4. The van der Waals surface area contributed by atoms with Gasteiger partial charge in [0.05, 0.1) is 44.8 Å². The van der Waals surface area contributed by atoms with E-state index in [0.29, 0.717) is 0 Å². The largest absolute Gasteiger partial charge is 0.507 e. The second kappa shape index (κ2) is 14.7. The molecule has 0 aliphatic heterocycles. The first kappa shape index (κ1) is 37.8. The number of benzene rings is 4. The number of aromatic hydroxyl groups is 4. The zero-order chi connectivity index (χ0) is 42.4. The van der Waals surface area contributed by atoms with Crippen LogP contribution in [0.25, 0.3) is 43.6 Å². The molecular formula is C41H27N9O10. The highest BCUT2D eigenvalue weighted by Crippen LogP contribution is 2.35. The third-order valence-electron chi connectivity index (χ3n) is 9.19. The Balaban J connectivity index is 1.09. The number of primary amides is 1. The van der Waals surface area contributed by atoms with E-state index in [-0.39, 0.29) is 106 Å². The van der Waals surface area contributed by atoms with Crippen LogP contribution in [0, 0.1) is 0 Å². The molecule has 0 aliphatic carbocycles. The fourth-order valence-electron chi connectivity index (χ4n) is 6.48. The molecule has 8 rings (SSSR count). The fraction of sp³-hybridized carbons (Fsp3) is 0. The minimum atomic E-state index is -1.40. The number of urea groups is 1. The van der Waals surface area contributed by atoms with Gasteiger partial charge in [-0.2, -0.15) is 0 Å². The number of carboxylic acid groups (broad SMARTS) is 1. The van der Waals surface area contributed by atoms with E-state index in [2.05, 4.69) is 41.2 Å². The maximum Gasteiger partial charge on any atom is 0.354 e. The van der Waals surface area contributed by atoms with Gasteiger partial charge in [-0.1, -0.05) is 24.3 Å². The molecule has 0 aliphatic rings. The Bertz CT molecular complexity index is 3190. The number of aromatic carboxylic acids is 1. The van der Waals surface area contributed by atoms with Gasteiger partial charge in [0.1, 0.15) is 40.1 Å². The lowest BCUT2D eigenvalue weighted by Gasteiger charge is -2.13. The quantitative estimate of drug-likeness (QED) is 0.0888. The van der Waals surface area contributed by atoms with Gasteiger partial charge in [-0.05, 0) is 48.5 Å². The first-order valence-corrected chi connectivity index (χ1v) is 17.5. The van der Waals surface area contributed by atoms with E-state index in [1.807, 2.05) is 0 Å². The number of fused-ring (bicyclic) bond motifs is 4. The Morgan fingerprint density at radius 1 is 0.417 bits per heavy atom. The number of pyridine rings is 4. The van der Waals surface area contributed by atoms with Crippen LogP contribution >= 0.6 is 0 Å². The molecule has 0 bridgehead atoms. The second-order valence-electron chi connectivity index (χ2n) is 13.1. The molecule has 0 saturated carbocycles. The number of hydrogen-bond donors (Lipinski definition) is 10. The van der Waals surface area contributed by atoms with E-state index in [1.54, 1.807) is 6.07 Å². The van der Waals surface area contributed by atoms with Gasteiger partial charge < -0.3 is 52.5 Å². The monoisotopic (exact) mass is 805 g/mol. The van der Waals surface area contributed by atoms with Crippen molar-refractivity contribution < 1.29 is 49.5 Å². The molecule has 4 aromatic heterocycles. The molecule has 11 N–H and O–H groups in total.